The molecule has 4 rings (SSSR count). The van der Waals surface area contributed by atoms with Gasteiger partial charge in [-0.3, -0.25) is 14.5 Å². The maximum absolute atomic E-state index is 12.4. The molecule has 2 aromatic heterocycles. The summed E-state index contributed by atoms with van der Waals surface area (Å²) in [5.41, 5.74) is 1.94. The number of urea groups is 1. The van der Waals surface area contributed by atoms with Gasteiger partial charge >= 0.3 is 6.03 Å². The molecule has 1 aromatic carbocycles. The summed E-state index contributed by atoms with van der Waals surface area (Å²) < 4.78 is 7.17. The number of imidazole rings is 1. The number of rotatable bonds is 7. The van der Waals surface area contributed by atoms with E-state index >= 15 is 0 Å². The highest BCUT2D eigenvalue weighted by Crippen LogP contribution is 2.15. The Morgan fingerprint density at radius 3 is 2.83 bits per heavy atom. The van der Waals surface area contributed by atoms with Gasteiger partial charge in [0.25, 0.3) is 5.91 Å². The number of aryl methyl sites for hydroxylation is 1. The van der Waals surface area contributed by atoms with Gasteiger partial charge in [-0.1, -0.05) is 12.1 Å². The molecule has 0 spiro atoms. The van der Waals surface area contributed by atoms with Gasteiger partial charge in [0, 0.05) is 20.0 Å². The van der Waals surface area contributed by atoms with Gasteiger partial charge in [-0.05, 0) is 24.3 Å². The molecule has 3 heterocycles. The molecule has 9 nitrogen and oxygen atoms in total. The van der Waals surface area contributed by atoms with Crippen molar-refractivity contribution in [1.29, 1.82) is 0 Å². The summed E-state index contributed by atoms with van der Waals surface area (Å²) >= 11 is 0. The van der Waals surface area contributed by atoms with Crippen molar-refractivity contribution in [2.45, 2.75) is 25.4 Å². The first-order chi connectivity index (χ1) is 14.0. The first-order valence-electron chi connectivity index (χ1n) is 9.34. The lowest BCUT2D eigenvalue weighted by atomic mass is 10.2. The van der Waals surface area contributed by atoms with Gasteiger partial charge in [-0.2, -0.15) is 0 Å². The zero-order valence-corrected chi connectivity index (χ0v) is 15.9. The lowest BCUT2D eigenvalue weighted by Gasteiger charge is -2.11. The Morgan fingerprint density at radius 2 is 2.07 bits per heavy atom. The Bertz CT molecular complexity index is 1060. The summed E-state index contributed by atoms with van der Waals surface area (Å²) in [6.07, 6.45) is 1.93. The molecule has 4 amide bonds. The fourth-order valence-electron chi connectivity index (χ4n) is 3.41. The monoisotopic (exact) mass is 395 g/mol. The number of imide groups is 1. The molecule has 1 saturated heterocycles. The van der Waals surface area contributed by atoms with E-state index in [9.17, 15) is 14.4 Å². The molecule has 0 unspecified atom stereocenters. The van der Waals surface area contributed by atoms with E-state index in [1.807, 2.05) is 35.9 Å². The number of furan rings is 1. The van der Waals surface area contributed by atoms with Gasteiger partial charge in [0.05, 0.1) is 30.3 Å². The lowest BCUT2D eigenvalue weighted by Crippen LogP contribution is -2.37. The quantitative estimate of drug-likeness (QED) is 0.587. The van der Waals surface area contributed by atoms with E-state index in [4.69, 9.17) is 4.42 Å². The van der Waals surface area contributed by atoms with Crippen LogP contribution in [0.5, 0.6) is 0 Å². The summed E-state index contributed by atoms with van der Waals surface area (Å²) in [7, 11) is 1.94. The molecule has 150 valence electrons. The van der Waals surface area contributed by atoms with Crippen LogP contribution < -0.4 is 10.6 Å². The highest BCUT2D eigenvalue weighted by molar-refractivity contribution is 6.05. The fourth-order valence-corrected chi connectivity index (χ4v) is 3.41. The van der Waals surface area contributed by atoms with Crippen molar-refractivity contribution < 1.29 is 18.8 Å². The third kappa shape index (κ3) is 3.84. The van der Waals surface area contributed by atoms with Crippen LogP contribution in [0.25, 0.3) is 11.0 Å². The van der Waals surface area contributed by atoms with Gasteiger partial charge in [0.2, 0.25) is 5.91 Å². The largest absolute Gasteiger partial charge is 0.467 e. The number of nitrogens with one attached hydrogen (secondary N) is 2. The zero-order chi connectivity index (χ0) is 20.4. The summed E-state index contributed by atoms with van der Waals surface area (Å²) in [6, 6.07) is 9.80. The third-order valence-electron chi connectivity index (χ3n) is 4.94. The summed E-state index contributed by atoms with van der Waals surface area (Å²) in [6.45, 7) is 0.434. The van der Waals surface area contributed by atoms with Crippen molar-refractivity contribution in [2.24, 2.45) is 7.05 Å². The van der Waals surface area contributed by atoms with Crippen LogP contribution in [-0.4, -0.2) is 44.9 Å². The van der Waals surface area contributed by atoms with Gasteiger partial charge in [-0.15, -0.1) is 0 Å². The molecule has 0 radical (unpaired) electrons. The number of aromatic nitrogens is 2. The number of carbonyl (C=O) groups excluding carboxylic acids is 3. The van der Waals surface area contributed by atoms with Crippen molar-refractivity contribution in [1.82, 2.24) is 25.1 Å². The van der Waals surface area contributed by atoms with E-state index in [2.05, 4.69) is 15.6 Å². The van der Waals surface area contributed by atoms with Crippen LogP contribution in [0.15, 0.2) is 47.1 Å². The molecule has 1 aliphatic rings. The molecule has 0 aliphatic carbocycles. The predicted molar refractivity (Wildman–Crippen MR) is 104 cm³/mol. The van der Waals surface area contributed by atoms with E-state index in [0.717, 1.165) is 21.8 Å². The van der Waals surface area contributed by atoms with Crippen LogP contribution in [0, 0.1) is 0 Å². The highest BCUT2D eigenvalue weighted by Gasteiger charge is 2.39. The van der Waals surface area contributed by atoms with Crippen LogP contribution in [0.3, 0.4) is 0 Å². The third-order valence-corrected chi connectivity index (χ3v) is 4.94. The molecule has 29 heavy (non-hydrogen) atoms. The molecular weight excluding hydrogens is 374 g/mol. The van der Waals surface area contributed by atoms with Crippen LogP contribution in [0.1, 0.15) is 18.0 Å². The maximum atomic E-state index is 12.4. The van der Waals surface area contributed by atoms with Gasteiger partial charge in [0.1, 0.15) is 17.6 Å². The minimum atomic E-state index is -0.867. The second kappa shape index (κ2) is 7.78. The van der Waals surface area contributed by atoms with Crippen molar-refractivity contribution >= 4 is 28.9 Å². The molecule has 1 fully saturated rings. The van der Waals surface area contributed by atoms with E-state index in [1.54, 1.807) is 12.1 Å². The Hall–Kier alpha value is -3.62. The number of hydrogen-bond acceptors (Lipinski definition) is 5. The Balaban J connectivity index is 1.29. The molecule has 1 aliphatic heterocycles. The van der Waals surface area contributed by atoms with Gasteiger partial charge in [0.15, 0.2) is 0 Å². The Kier molecular flexibility index (Phi) is 5.03. The first kappa shape index (κ1) is 18.7. The van der Waals surface area contributed by atoms with Crippen LogP contribution in [0.4, 0.5) is 4.79 Å². The number of para-hydroxylation sites is 2. The average molecular weight is 395 g/mol. The molecule has 2 N–H and O–H groups in total. The number of amides is 4. The first-order valence-corrected chi connectivity index (χ1v) is 9.34. The number of carbonyl (C=O) groups is 3. The lowest BCUT2D eigenvalue weighted by molar-refractivity contribution is -0.131. The molecule has 9 heteroatoms. The minimum absolute atomic E-state index is 0.0442. The van der Waals surface area contributed by atoms with Gasteiger partial charge in [-0.25, -0.2) is 9.78 Å². The number of nitrogens with zero attached hydrogens (tertiary/aromatic N) is 3. The van der Waals surface area contributed by atoms with E-state index in [0.29, 0.717) is 18.7 Å². The summed E-state index contributed by atoms with van der Waals surface area (Å²) in [5, 5.41) is 5.34. The number of fused-ring (bicyclic) bond motifs is 1. The molecule has 0 bridgehead atoms. The van der Waals surface area contributed by atoms with Crippen molar-refractivity contribution in [3.05, 3.63) is 54.2 Å². The van der Waals surface area contributed by atoms with E-state index in [1.165, 1.54) is 6.26 Å². The molecule has 3 aromatic rings. The van der Waals surface area contributed by atoms with Gasteiger partial charge < -0.3 is 19.6 Å². The molecule has 0 saturated carbocycles. The average Bonchev–Trinajstić information content (AvgIpc) is 3.39. The van der Waals surface area contributed by atoms with E-state index in [-0.39, 0.29) is 18.9 Å². The molecular formula is C20H21N5O4. The second-order valence-electron chi connectivity index (χ2n) is 6.89. The SMILES string of the molecule is Cn1c(CCNC(=O)C[C@@H]2NC(=O)N(Cc3ccco3)C2=O)nc2ccccc21. The minimum Gasteiger partial charge on any atom is -0.467 e. The normalized spacial score (nSPS) is 16.4. The Morgan fingerprint density at radius 1 is 1.24 bits per heavy atom. The Labute approximate surface area is 166 Å². The highest BCUT2D eigenvalue weighted by atomic mass is 16.3. The smallest absolute Gasteiger partial charge is 0.325 e. The number of benzene rings is 1. The van der Waals surface area contributed by atoms with Crippen molar-refractivity contribution in [3.8, 4) is 0 Å². The van der Waals surface area contributed by atoms with Crippen molar-refractivity contribution in [2.75, 3.05) is 6.54 Å². The number of hydrogen-bond donors (Lipinski definition) is 2. The molecule has 1 atom stereocenters. The maximum Gasteiger partial charge on any atom is 0.325 e. The summed E-state index contributed by atoms with van der Waals surface area (Å²) in [5.74, 6) is 0.626. The standard InChI is InChI=1S/C20H21N5O4/c1-24-16-7-3-2-6-14(16)22-17(24)8-9-21-18(26)11-15-19(27)25(20(28)23-15)12-13-5-4-10-29-13/h2-7,10,15H,8-9,11-12H2,1H3,(H,21,26)(H,23,28)/t15-/m0/s1. The van der Waals surface area contributed by atoms with Crippen LogP contribution in [-0.2, 0) is 29.6 Å². The van der Waals surface area contributed by atoms with E-state index < -0.39 is 18.0 Å². The zero-order valence-electron chi connectivity index (χ0n) is 15.9. The summed E-state index contributed by atoms with van der Waals surface area (Å²) in [4.78, 5) is 42.3. The van der Waals surface area contributed by atoms with Crippen LogP contribution >= 0.6 is 0 Å². The second-order valence-corrected chi connectivity index (χ2v) is 6.89. The van der Waals surface area contributed by atoms with Crippen LogP contribution in [0.2, 0.25) is 0 Å². The predicted octanol–water partition coefficient (Wildman–Crippen LogP) is 1.34. The fraction of sp³-hybridized carbons (Fsp3) is 0.300. The topological polar surface area (TPSA) is 109 Å². The van der Waals surface area contributed by atoms with Crippen molar-refractivity contribution in [3.63, 3.8) is 0 Å².